The van der Waals surface area contributed by atoms with Crippen LogP contribution in [-0.2, 0) is 16.0 Å². The third kappa shape index (κ3) is 9.91. The van der Waals surface area contributed by atoms with Crippen LogP contribution in [0.1, 0.15) is 51.0 Å². The van der Waals surface area contributed by atoms with E-state index in [0.717, 1.165) is 82.8 Å². The zero-order valence-corrected chi connectivity index (χ0v) is 21.3. The Balaban J connectivity index is 0.00000341. The van der Waals surface area contributed by atoms with E-state index in [1.165, 1.54) is 25.7 Å². The molecule has 7 nitrogen and oxygen atoms in total. The van der Waals surface area contributed by atoms with Crippen molar-refractivity contribution < 1.29 is 9.47 Å². The molecule has 0 aromatic carbocycles. The monoisotopic (exact) mass is 545 g/mol. The molecule has 0 radical (unpaired) electrons. The third-order valence-corrected chi connectivity index (χ3v) is 5.64. The highest BCUT2D eigenvalue weighted by atomic mass is 127. The van der Waals surface area contributed by atoms with Gasteiger partial charge in [-0.05, 0) is 44.2 Å². The lowest BCUT2D eigenvalue weighted by Gasteiger charge is -2.21. The van der Waals surface area contributed by atoms with Gasteiger partial charge in [-0.25, -0.2) is 9.98 Å². The number of nitrogens with one attached hydrogen (secondary N) is 2. The number of pyridine rings is 1. The Hall–Kier alpha value is -1.13. The molecular weight excluding hydrogens is 505 g/mol. The molecule has 2 fully saturated rings. The summed E-state index contributed by atoms with van der Waals surface area (Å²) in [5.41, 5.74) is 1.13. The second-order valence-electron chi connectivity index (χ2n) is 8.21. The van der Waals surface area contributed by atoms with Crippen LogP contribution >= 0.6 is 24.0 Å². The van der Waals surface area contributed by atoms with Crippen molar-refractivity contribution in [3.05, 3.63) is 23.9 Å². The van der Waals surface area contributed by atoms with Gasteiger partial charge in [-0.1, -0.05) is 18.9 Å². The van der Waals surface area contributed by atoms with E-state index in [-0.39, 0.29) is 24.0 Å². The highest BCUT2D eigenvalue weighted by molar-refractivity contribution is 14.0. The van der Waals surface area contributed by atoms with Crippen LogP contribution in [-0.4, -0.2) is 63.6 Å². The molecule has 2 aliphatic heterocycles. The molecular formula is C23H40IN5O2. The number of rotatable bonds is 10. The average molecular weight is 546 g/mol. The molecule has 1 atom stereocenters. The molecule has 1 unspecified atom stereocenters. The van der Waals surface area contributed by atoms with Gasteiger partial charge in [-0.3, -0.25) is 0 Å². The minimum atomic E-state index is 0. The van der Waals surface area contributed by atoms with Crippen LogP contribution < -0.4 is 15.5 Å². The summed E-state index contributed by atoms with van der Waals surface area (Å²) in [6.45, 7) is 9.96. The maximum absolute atomic E-state index is 5.77. The highest BCUT2D eigenvalue weighted by Crippen LogP contribution is 2.17. The summed E-state index contributed by atoms with van der Waals surface area (Å²) in [6, 6.07) is 4.30. The van der Waals surface area contributed by atoms with Gasteiger partial charge >= 0.3 is 0 Å². The van der Waals surface area contributed by atoms with E-state index < -0.39 is 0 Å². The maximum atomic E-state index is 5.77. The van der Waals surface area contributed by atoms with Crippen molar-refractivity contribution in [2.45, 2.75) is 52.0 Å². The number of hydrogen-bond donors (Lipinski definition) is 2. The van der Waals surface area contributed by atoms with E-state index in [2.05, 4.69) is 39.6 Å². The van der Waals surface area contributed by atoms with Gasteiger partial charge in [0.2, 0.25) is 0 Å². The SMILES string of the molecule is CCNC(=NCc1ccc(N2CCCCCC2)nc1)NCCCOCC1CCOC1.I. The first-order valence-corrected chi connectivity index (χ1v) is 11.7. The van der Waals surface area contributed by atoms with Crippen LogP contribution in [0.2, 0.25) is 0 Å². The summed E-state index contributed by atoms with van der Waals surface area (Å²) >= 11 is 0. The number of aliphatic imine (C=N–C) groups is 1. The molecule has 0 amide bonds. The molecule has 31 heavy (non-hydrogen) atoms. The average Bonchev–Trinajstić information content (AvgIpc) is 3.14. The van der Waals surface area contributed by atoms with Gasteiger partial charge in [0.1, 0.15) is 5.82 Å². The predicted molar refractivity (Wildman–Crippen MR) is 138 cm³/mol. The van der Waals surface area contributed by atoms with Gasteiger partial charge in [0.25, 0.3) is 0 Å². The zero-order valence-electron chi connectivity index (χ0n) is 19.0. The molecule has 176 valence electrons. The molecule has 0 spiro atoms. The number of anilines is 1. The summed E-state index contributed by atoms with van der Waals surface area (Å²) in [5, 5.41) is 6.71. The number of halogens is 1. The summed E-state index contributed by atoms with van der Waals surface area (Å²) in [6.07, 6.45) is 9.27. The quantitative estimate of drug-likeness (QED) is 0.203. The number of aromatic nitrogens is 1. The standard InChI is InChI=1S/C23H39N5O2.HI/c1-2-24-23(25-11-7-14-29-18-21-10-15-30-19-21)27-17-20-8-9-22(26-16-20)28-12-5-3-4-6-13-28;/h8-9,16,21H,2-7,10-15,17-19H2,1H3,(H2,24,25,27);1H. The first kappa shape index (κ1) is 26.1. The second-order valence-corrected chi connectivity index (χ2v) is 8.21. The second kappa shape index (κ2) is 15.6. The van der Waals surface area contributed by atoms with E-state index >= 15 is 0 Å². The Bertz CT molecular complexity index is 615. The molecule has 2 aliphatic rings. The minimum Gasteiger partial charge on any atom is -0.381 e. The Labute approximate surface area is 204 Å². The first-order chi connectivity index (χ1) is 14.8. The van der Waals surface area contributed by atoms with Crippen LogP contribution in [0.3, 0.4) is 0 Å². The lowest BCUT2D eigenvalue weighted by Crippen LogP contribution is -2.38. The Morgan fingerprint density at radius 1 is 1.23 bits per heavy atom. The summed E-state index contributed by atoms with van der Waals surface area (Å²) < 4.78 is 11.1. The van der Waals surface area contributed by atoms with Crippen molar-refractivity contribution in [3.63, 3.8) is 0 Å². The molecule has 1 aromatic rings. The smallest absolute Gasteiger partial charge is 0.191 e. The van der Waals surface area contributed by atoms with Crippen molar-refractivity contribution >= 4 is 35.8 Å². The Morgan fingerprint density at radius 3 is 2.74 bits per heavy atom. The zero-order chi connectivity index (χ0) is 20.9. The van der Waals surface area contributed by atoms with Crippen LogP contribution in [0.5, 0.6) is 0 Å². The number of nitrogens with zero attached hydrogens (tertiary/aromatic N) is 3. The third-order valence-electron chi connectivity index (χ3n) is 5.64. The molecule has 0 saturated carbocycles. The highest BCUT2D eigenvalue weighted by Gasteiger charge is 2.15. The fourth-order valence-corrected chi connectivity index (χ4v) is 3.85. The predicted octanol–water partition coefficient (Wildman–Crippen LogP) is 3.58. The van der Waals surface area contributed by atoms with Crippen molar-refractivity contribution in [1.82, 2.24) is 15.6 Å². The number of guanidine groups is 1. The molecule has 2 saturated heterocycles. The molecule has 8 heteroatoms. The van der Waals surface area contributed by atoms with E-state index in [0.29, 0.717) is 12.5 Å². The van der Waals surface area contributed by atoms with Gasteiger partial charge in [0.05, 0.1) is 19.8 Å². The molecule has 3 heterocycles. The molecule has 3 rings (SSSR count). The largest absolute Gasteiger partial charge is 0.381 e. The summed E-state index contributed by atoms with van der Waals surface area (Å²) in [4.78, 5) is 11.8. The normalized spacial score (nSPS) is 19.6. The minimum absolute atomic E-state index is 0. The van der Waals surface area contributed by atoms with Crippen molar-refractivity contribution in [2.75, 3.05) is 57.5 Å². The van der Waals surface area contributed by atoms with Crippen molar-refractivity contribution in [1.29, 1.82) is 0 Å². The topological polar surface area (TPSA) is 71.0 Å². The molecule has 0 aliphatic carbocycles. The number of ether oxygens (including phenoxy) is 2. The lowest BCUT2D eigenvalue weighted by molar-refractivity contribution is 0.0888. The molecule has 1 aromatic heterocycles. The summed E-state index contributed by atoms with van der Waals surface area (Å²) in [5.74, 6) is 2.52. The van der Waals surface area contributed by atoms with Gasteiger partial charge in [-0.2, -0.15) is 0 Å². The van der Waals surface area contributed by atoms with Crippen LogP contribution in [0.15, 0.2) is 23.3 Å². The fraction of sp³-hybridized carbons (Fsp3) is 0.739. The Kier molecular flexibility index (Phi) is 13.2. The van der Waals surface area contributed by atoms with Crippen LogP contribution in [0.4, 0.5) is 5.82 Å². The van der Waals surface area contributed by atoms with E-state index in [1.54, 1.807) is 0 Å². The number of hydrogen-bond acceptors (Lipinski definition) is 5. The van der Waals surface area contributed by atoms with Crippen LogP contribution in [0, 0.1) is 5.92 Å². The van der Waals surface area contributed by atoms with Gasteiger partial charge in [0, 0.05) is 51.5 Å². The fourth-order valence-electron chi connectivity index (χ4n) is 3.85. The first-order valence-electron chi connectivity index (χ1n) is 11.7. The lowest BCUT2D eigenvalue weighted by atomic mass is 10.1. The van der Waals surface area contributed by atoms with Gasteiger partial charge in [0.15, 0.2) is 5.96 Å². The van der Waals surface area contributed by atoms with E-state index in [4.69, 9.17) is 14.5 Å². The van der Waals surface area contributed by atoms with Gasteiger partial charge in [-0.15, -0.1) is 24.0 Å². The maximum Gasteiger partial charge on any atom is 0.191 e. The Morgan fingerprint density at radius 2 is 2.06 bits per heavy atom. The van der Waals surface area contributed by atoms with Crippen LogP contribution in [0.25, 0.3) is 0 Å². The summed E-state index contributed by atoms with van der Waals surface area (Å²) in [7, 11) is 0. The molecule has 0 bridgehead atoms. The van der Waals surface area contributed by atoms with Gasteiger partial charge < -0.3 is 25.0 Å². The molecule has 2 N–H and O–H groups in total. The van der Waals surface area contributed by atoms with E-state index in [1.807, 2.05) is 6.20 Å². The van der Waals surface area contributed by atoms with Crippen molar-refractivity contribution in [2.24, 2.45) is 10.9 Å². The van der Waals surface area contributed by atoms with Crippen molar-refractivity contribution in [3.8, 4) is 0 Å². The van der Waals surface area contributed by atoms with E-state index in [9.17, 15) is 0 Å².